The SMILES string of the molecule is CN(C)CCCNS(=O)(=O)c1cccc(C(=O)Nc2ccc(C#N)cc2)c1. The van der Waals surface area contributed by atoms with Crippen LogP contribution in [0.2, 0.25) is 0 Å². The Kier molecular flexibility index (Phi) is 7.07. The van der Waals surface area contributed by atoms with Gasteiger partial charge in [-0.3, -0.25) is 4.79 Å². The third-order valence-corrected chi connectivity index (χ3v) is 5.21. The van der Waals surface area contributed by atoms with Gasteiger partial charge in [0, 0.05) is 17.8 Å². The topological polar surface area (TPSA) is 102 Å². The summed E-state index contributed by atoms with van der Waals surface area (Å²) in [5, 5.41) is 11.5. The molecule has 2 rings (SSSR count). The maximum Gasteiger partial charge on any atom is 0.255 e. The Labute approximate surface area is 159 Å². The number of hydrogen-bond donors (Lipinski definition) is 2. The Hall–Kier alpha value is -2.73. The Balaban J connectivity index is 2.06. The second-order valence-corrected chi connectivity index (χ2v) is 7.99. The predicted octanol–water partition coefficient (Wildman–Crippen LogP) is 2.04. The molecule has 0 spiro atoms. The number of anilines is 1. The Bertz CT molecular complexity index is 932. The van der Waals surface area contributed by atoms with E-state index in [1.54, 1.807) is 30.3 Å². The zero-order valence-corrected chi connectivity index (χ0v) is 16.1. The largest absolute Gasteiger partial charge is 0.322 e. The van der Waals surface area contributed by atoms with E-state index >= 15 is 0 Å². The van der Waals surface area contributed by atoms with E-state index in [1.807, 2.05) is 25.1 Å². The second kappa shape index (κ2) is 9.28. The van der Waals surface area contributed by atoms with Gasteiger partial charge in [0.05, 0.1) is 16.5 Å². The third kappa shape index (κ3) is 6.18. The first kappa shape index (κ1) is 20.6. The quantitative estimate of drug-likeness (QED) is 0.676. The van der Waals surface area contributed by atoms with Crippen molar-refractivity contribution in [3.63, 3.8) is 0 Å². The van der Waals surface area contributed by atoms with Gasteiger partial charge in [0.1, 0.15) is 0 Å². The fraction of sp³-hybridized carbons (Fsp3) is 0.263. The monoisotopic (exact) mass is 386 g/mol. The van der Waals surface area contributed by atoms with Gasteiger partial charge in [0.25, 0.3) is 5.91 Å². The molecule has 1 amide bonds. The standard InChI is InChI=1S/C19H22N4O3S/c1-23(2)12-4-11-21-27(25,26)18-6-3-5-16(13-18)19(24)22-17-9-7-15(14-20)8-10-17/h3,5-10,13,21H,4,11-12H2,1-2H3,(H,22,24). The minimum Gasteiger partial charge on any atom is -0.322 e. The average Bonchev–Trinajstić information content (AvgIpc) is 2.66. The van der Waals surface area contributed by atoms with Crippen molar-refractivity contribution in [3.8, 4) is 6.07 Å². The number of nitrogens with zero attached hydrogens (tertiary/aromatic N) is 2. The number of benzene rings is 2. The maximum atomic E-state index is 12.4. The number of amides is 1. The third-order valence-electron chi connectivity index (χ3n) is 3.75. The molecule has 0 fully saturated rings. The van der Waals surface area contributed by atoms with E-state index in [0.717, 1.165) is 6.54 Å². The van der Waals surface area contributed by atoms with Crippen LogP contribution in [-0.2, 0) is 10.0 Å². The molecule has 2 aromatic carbocycles. The van der Waals surface area contributed by atoms with Crippen LogP contribution in [0.1, 0.15) is 22.3 Å². The van der Waals surface area contributed by atoms with Gasteiger partial charge in [-0.05, 0) is 69.5 Å². The molecular formula is C19H22N4O3S. The van der Waals surface area contributed by atoms with Crippen LogP contribution in [0, 0.1) is 11.3 Å². The molecule has 0 saturated carbocycles. The summed E-state index contributed by atoms with van der Waals surface area (Å²) in [4.78, 5) is 14.4. The van der Waals surface area contributed by atoms with Crippen molar-refractivity contribution in [3.05, 3.63) is 59.7 Å². The Morgan fingerprint density at radius 3 is 2.48 bits per heavy atom. The summed E-state index contributed by atoms with van der Waals surface area (Å²) in [7, 11) is 0.161. The average molecular weight is 386 g/mol. The van der Waals surface area contributed by atoms with Gasteiger partial charge in [-0.15, -0.1) is 0 Å². The number of nitrogens with one attached hydrogen (secondary N) is 2. The van der Waals surface area contributed by atoms with E-state index in [-0.39, 0.29) is 10.5 Å². The molecule has 0 heterocycles. The highest BCUT2D eigenvalue weighted by Crippen LogP contribution is 2.14. The van der Waals surface area contributed by atoms with Crippen molar-refractivity contribution >= 4 is 21.6 Å². The zero-order valence-electron chi connectivity index (χ0n) is 15.3. The van der Waals surface area contributed by atoms with Crippen molar-refractivity contribution in [2.75, 3.05) is 32.5 Å². The lowest BCUT2D eigenvalue weighted by molar-refractivity contribution is 0.102. The summed E-state index contributed by atoms with van der Waals surface area (Å²) in [6.07, 6.45) is 0.686. The van der Waals surface area contributed by atoms with Crippen molar-refractivity contribution in [1.82, 2.24) is 9.62 Å². The minimum atomic E-state index is -3.68. The summed E-state index contributed by atoms with van der Waals surface area (Å²) < 4.78 is 27.3. The van der Waals surface area contributed by atoms with Crippen LogP contribution in [0.3, 0.4) is 0 Å². The smallest absolute Gasteiger partial charge is 0.255 e. The molecule has 0 bridgehead atoms. The highest BCUT2D eigenvalue weighted by Gasteiger charge is 2.16. The van der Waals surface area contributed by atoms with Gasteiger partial charge in [-0.25, -0.2) is 13.1 Å². The normalized spacial score (nSPS) is 11.2. The summed E-state index contributed by atoms with van der Waals surface area (Å²) in [6.45, 7) is 1.09. The number of carbonyl (C=O) groups is 1. The first-order chi connectivity index (χ1) is 12.8. The number of sulfonamides is 1. The van der Waals surface area contributed by atoms with Gasteiger partial charge in [-0.1, -0.05) is 6.07 Å². The molecule has 2 N–H and O–H groups in total. The number of carbonyl (C=O) groups excluding carboxylic acids is 1. The van der Waals surface area contributed by atoms with E-state index in [2.05, 4.69) is 10.0 Å². The van der Waals surface area contributed by atoms with Crippen LogP contribution >= 0.6 is 0 Å². The second-order valence-electron chi connectivity index (χ2n) is 6.23. The highest BCUT2D eigenvalue weighted by atomic mass is 32.2. The molecule has 0 unspecified atom stereocenters. The molecule has 142 valence electrons. The molecule has 0 aliphatic heterocycles. The lowest BCUT2D eigenvalue weighted by Crippen LogP contribution is -2.27. The van der Waals surface area contributed by atoms with Gasteiger partial charge >= 0.3 is 0 Å². The summed E-state index contributed by atoms with van der Waals surface area (Å²) in [5.74, 6) is -0.427. The minimum absolute atomic E-state index is 0.0415. The van der Waals surface area contributed by atoms with Crippen LogP contribution in [0.5, 0.6) is 0 Å². The molecule has 0 aromatic heterocycles. The molecule has 2 aromatic rings. The van der Waals surface area contributed by atoms with Crippen LogP contribution in [0.4, 0.5) is 5.69 Å². The van der Waals surface area contributed by atoms with E-state index in [4.69, 9.17) is 5.26 Å². The van der Waals surface area contributed by atoms with Crippen molar-refractivity contribution in [2.24, 2.45) is 0 Å². The molecule has 7 nitrogen and oxygen atoms in total. The molecule has 0 radical (unpaired) electrons. The molecule has 0 aliphatic rings. The van der Waals surface area contributed by atoms with E-state index < -0.39 is 15.9 Å². The van der Waals surface area contributed by atoms with Crippen molar-refractivity contribution < 1.29 is 13.2 Å². The maximum absolute atomic E-state index is 12.4. The summed E-state index contributed by atoms with van der Waals surface area (Å²) in [6, 6.07) is 14.3. The molecule has 8 heteroatoms. The Morgan fingerprint density at radius 2 is 1.85 bits per heavy atom. The molecule has 0 saturated heterocycles. The molecule has 27 heavy (non-hydrogen) atoms. The summed E-state index contributed by atoms with van der Waals surface area (Å²) >= 11 is 0. The van der Waals surface area contributed by atoms with Gasteiger partial charge in [0.15, 0.2) is 0 Å². The highest BCUT2D eigenvalue weighted by molar-refractivity contribution is 7.89. The van der Waals surface area contributed by atoms with Gasteiger partial charge < -0.3 is 10.2 Å². The zero-order chi connectivity index (χ0) is 19.9. The van der Waals surface area contributed by atoms with Crippen LogP contribution in [0.25, 0.3) is 0 Å². The first-order valence-electron chi connectivity index (χ1n) is 8.38. The van der Waals surface area contributed by atoms with Crippen molar-refractivity contribution in [1.29, 1.82) is 5.26 Å². The van der Waals surface area contributed by atoms with E-state index in [9.17, 15) is 13.2 Å². The van der Waals surface area contributed by atoms with Gasteiger partial charge in [0.2, 0.25) is 10.0 Å². The summed E-state index contributed by atoms with van der Waals surface area (Å²) in [5.41, 5.74) is 1.24. The van der Waals surface area contributed by atoms with Crippen LogP contribution in [-0.4, -0.2) is 46.4 Å². The van der Waals surface area contributed by atoms with E-state index in [0.29, 0.717) is 24.2 Å². The lowest BCUT2D eigenvalue weighted by Gasteiger charge is -2.11. The number of rotatable bonds is 8. The van der Waals surface area contributed by atoms with Gasteiger partial charge in [-0.2, -0.15) is 5.26 Å². The van der Waals surface area contributed by atoms with Crippen molar-refractivity contribution in [2.45, 2.75) is 11.3 Å². The van der Waals surface area contributed by atoms with Crippen LogP contribution in [0.15, 0.2) is 53.4 Å². The number of nitriles is 1. The van der Waals surface area contributed by atoms with E-state index in [1.165, 1.54) is 18.2 Å². The predicted molar refractivity (Wildman–Crippen MR) is 104 cm³/mol. The fourth-order valence-corrected chi connectivity index (χ4v) is 3.44. The molecular weight excluding hydrogens is 364 g/mol. The molecule has 0 atom stereocenters. The molecule has 0 aliphatic carbocycles. The van der Waals surface area contributed by atoms with Crippen LogP contribution < -0.4 is 10.0 Å². The fourth-order valence-electron chi connectivity index (χ4n) is 2.32. The number of hydrogen-bond acceptors (Lipinski definition) is 5. The lowest BCUT2D eigenvalue weighted by atomic mass is 10.2. The first-order valence-corrected chi connectivity index (χ1v) is 9.86. The Morgan fingerprint density at radius 1 is 1.15 bits per heavy atom.